The van der Waals surface area contributed by atoms with Crippen molar-refractivity contribution in [2.75, 3.05) is 18.0 Å². The Balaban J connectivity index is 1.88. The van der Waals surface area contributed by atoms with E-state index in [9.17, 15) is 10.1 Å². The minimum Gasteiger partial charge on any atom is -0.348 e. The molecule has 0 saturated carbocycles. The number of nitrogens with zero attached hydrogens (tertiary/aromatic N) is 3. The smallest absolute Gasteiger partial charge is 0.214 e. The van der Waals surface area contributed by atoms with Gasteiger partial charge in [-0.05, 0) is 30.7 Å². The fourth-order valence-electron chi connectivity index (χ4n) is 3.62. The van der Waals surface area contributed by atoms with Crippen LogP contribution in [0.25, 0.3) is 16.5 Å². The SMILES string of the molecule is CCN1C=C(c2ccc3ccccc3n2)C(C[N+](=O)[O-])c2ccccc21. The third-order valence-corrected chi connectivity index (χ3v) is 4.86. The lowest BCUT2D eigenvalue weighted by Crippen LogP contribution is -2.27. The van der Waals surface area contributed by atoms with Crippen molar-refractivity contribution in [1.82, 2.24) is 4.98 Å². The lowest BCUT2D eigenvalue weighted by Gasteiger charge is -2.32. The quantitative estimate of drug-likeness (QED) is 0.517. The van der Waals surface area contributed by atoms with Crippen LogP contribution in [-0.4, -0.2) is 23.0 Å². The molecule has 1 aliphatic rings. The number of benzene rings is 2. The van der Waals surface area contributed by atoms with Crippen LogP contribution in [0, 0.1) is 10.1 Å². The van der Waals surface area contributed by atoms with Crippen molar-refractivity contribution < 1.29 is 4.92 Å². The summed E-state index contributed by atoms with van der Waals surface area (Å²) < 4.78 is 0. The Labute approximate surface area is 151 Å². The van der Waals surface area contributed by atoms with Gasteiger partial charge in [0.2, 0.25) is 6.54 Å². The summed E-state index contributed by atoms with van der Waals surface area (Å²) in [5.41, 5.74) is 4.61. The van der Waals surface area contributed by atoms with Crippen molar-refractivity contribution in [1.29, 1.82) is 0 Å². The Morgan fingerprint density at radius 3 is 2.65 bits per heavy atom. The molecule has 1 unspecified atom stereocenters. The highest BCUT2D eigenvalue weighted by Crippen LogP contribution is 2.41. The molecule has 0 radical (unpaired) electrons. The first-order valence-corrected chi connectivity index (χ1v) is 8.72. The molecular weight excluding hydrogens is 326 g/mol. The number of nitro groups is 1. The van der Waals surface area contributed by atoms with Crippen molar-refractivity contribution in [2.24, 2.45) is 0 Å². The van der Waals surface area contributed by atoms with Gasteiger partial charge in [-0.3, -0.25) is 10.1 Å². The topological polar surface area (TPSA) is 59.3 Å². The van der Waals surface area contributed by atoms with E-state index in [0.29, 0.717) is 0 Å². The molecule has 0 bridgehead atoms. The number of hydrogen-bond acceptors (Lipinski definition) is 4. The van der Waals surface area contributed by atoms with Crippen LogP contribution in [0.1, 0.15) is 24.1 Å². The van der Waals surface area contributed by atoms with E-state index in [1.807, 2.05) is 66.9 Å². The third-order valence-electron chi connectivity index (χ3n) is 4.86. The molecule has 0 spiro atoms. The number of fused-ring (bicyclic) bond motifs is 2. The van der Waals surface area contributed by atoms with Crippen molar-refractivity contribution in [2.45, 2.75) is 12.8 Å². The Morgan fingerprint density at radius 1 is 1.08 bits per heavy atom. The lowest BCUT2D eigenvalue weighted by atomic mass is 9.85. The van der Waals surface area contributed by atoms with Crippen LogP contribution >= 0.6 is 0 Å². The molecular formula is C21H19N3O2. The van der Waals surface area contributed by atoms with E-state index >= 15 is 0 Å². The predicted molar refractivity (Wildman–Crippen MR) is 104 cm³/mol. The zero-order valence-electron chi connectivity index (χ0n) is 14.5. The summed E-state index contributed by atoms with van der Waals surface area (Å²) in [6, 6.07) is 19.8. The van der Waals surface area contributed by atoms with Crippen molar-refractivity contribution in [3.05, 3.63) is 88.2 Å². The van der Waals surface area contributed by atoms with Crippen LogP contribution in [0.2, 0.25) is 0 Å². The van der Waals surface area contributed by atoms with Crippen LogP contribution in [-0.2, 0) is 0 Å². The third kappa shape index (κ3) is 2.81. The van der Waals surface area contributed by atoms with Crippen LogP contribution < -0.4 is 4.90 Å². The Hall–Kier alpha value is -3.21. The van der Waals surface area contributed by atoms with E-state index < -0.39 is 0 Å². The number of aromatic nitrogens is 1. The first-order valence-electron chi connectivity index (χ1n) is 8.72. The van der Waals surface area contributed by atoms with Gasteiger partial charge in [0.05, 0.1) is 17.1 Å². The molecule has 2 aromatic carbocycles. The second-order valence-electron chi connectivity index (χ2n) is 6.39. The van der Waals surface area contributed by atoms with E-state index in [1.165, 1.54) is 0 Å². The Kier molecular flexibility index (Phi) is 4.13. The second-order valence-corrected chi connectivity index (χ2v) is 6.39. The number of para-hydroxylation sites is 2. The molecule has 4 rings (SSSR count). The van der Waals surface area contributed by atoms with Gasteiger partial charge in [-0.25, -0.2) is 4.98 Å². The van der Waals surface area contributed by atoms with Crippen molar-refractivity contribution in [3.63, 3.8) is 0 Å². The molecule has 130 valence electrons. The van der Waals surface area contributed by atoms with Gasteiger partial charge in [-0.1, -0.05) is 42.5 Å². The summed E-state index contributed by atoms with van der Waals surface area (Å²) in [6.07, 6.45) is 2.02. The summed E-state index contributed by atoms with van der Waals surface area (Å²) in [6.45, 7) is 2.72. The molecule has 0 aliphatic carbocycles. The van der Waals surface area contributed by atoms with Gasteiger partial charge < -0.3 is 4.90 Å². The molecule has 0 saturated heterocycles. The van der Waals surface area contributed by atoms with Gasteiger partial charge in [-0.15, -0.1) is 0 Å². The van der Waals surface area contributed by atoms with Gasteiger partial charge in [-0.2, -0.15) is 0 Å². The van der Waals surface area contributed by atoms with Crippen LogP contribution in [0.15, 0.2) is 66.9 Å². The largest absolute Gasteiger partial charge is 0.348 e. The van der Waals surface area contributed by atoms with Crippen LogP contribution in [0.5, 0.6) is 0 Å². The molecule has 26 heavy (non-hydrogen) atoms. The average molecular weight is 345 g/mol. The maximum Gasteiger partial charge on any atom is 0.214 e. The maximum atomic E-state index is 11.4. The second kappa shape index (κ2) is 6.59. The van der Waals surface area contributed by atoms with Crippen LogP contribution in [0.3, 0.4) is 0 Å². The standard InChI is InChI=1S/C21H19N3O2/c1-2-23-13-18(20-12-11-15-7-3-5-9-19(15)22-20)17(14-24(25)26)16-8-4-6-10-21(16)23/h3-13,17H,2,14H2,1H3. The number of hydrogen-bond donors (Lipinski definition) is 0. The summed E-state index contributed by atoms with van der Waals surface area (Å²) in [4.78, 5) is 18.0. The molecule has 1 aromatic heterocycles. The number of pyridine rings is 1. The molecule has 5 nitrogen and oxygen atoms in total. The first kappa shape index (κ1) is 16.3. The molecule has 2 heterocycles. The predicted octanol–water partition coefficient (Wildman–Crippen LogP) is 4.48. The fourth-order valence-corrected chi connectivity index (χ4v) is 3.62. The first-order chi connectivity index (χ1) is 12.7. The van der Waals surface area contributed by atoms with E-state index in [1.54, 1.807) is 0 Å². The number of rotatable bonds is 4. The molecule has 0 amide bonds. The van der Waals surface area contributed by atoms with Gasteiger partial charge in [0.25, 0.3) is 0 Å². The van der Waals surface area contributed by atoms with Crippen molar-refractivity contribution >= 4 is 22.2 Å². The van der Waals surface area contributed by atoms with Crippen LogP contribution in [0.4, 0.5) is 5.69 Å². The zero-order chi connectivity index (χ0) is 18.1. The minimum absolute atomic E-state index is 0.144. The Bertz CT molecular complexity index is 1010. The van der Waals surface area contributed by atoms with E-state index in [-0.39, 0.29) is 17.4 Å². The van der Waals surface area contributed by atoms with Crippen molar-refractivity contribution in [3.8, 4) is 0 Å². The lowest BCUT2D eigenvalue weighted by molar-refractivity contribution is -0.481. The summed E-state index contributed by atoms with van der Waals surface area (Å²) in [5.74, 6) is -0.308. The maximum absolute atomic E-state index is 11.4. The zero-order valence-corrected chi connectivity index (χ0v) is 14.5. The highest BCUT2D eigenvalue weighted by atomic mass is 16.6. The molecule has 1 atom stereocenters. The van der Waals surface area contributed by atoms with Gasteiger partial charge in [0.15, 0.2) is 0 Å². The fraction of sp³-hybridized carbons (Fsp3) is 0.190. The minimum atomic E-state index is -0.308. The molecule has 3 aromatic rings. The molecule has 5 heteroatoms. The van der Waals surface area contributed by atoms with Gasteiger partial charge in [0, 0.05) is 34.3 Å². The normalized spacial score (nSPS) is 16.3. The summed E-state index contributed by atoms with van der Waals surface area (Å²) >= 11 is 0. The summed E-state index contributed by atoms with van der Waals surface area (Å²) in [5, 5.41) is 12.4. The van der Waals surface area contributed by atoms with E-state index in [0.717, 1.165) is 40.0 Å². The Morgan fingerprint density at radius 2 is 1.85 bits per heavy atom. The number of anilines is 1. The monoisotopic (exact) mass is 345 g/mol. The summed E-state index contributed by atoms with van der Waals surface area (Å²) in [7, 11) is 0. The van der Waals surface area contributed by atoms with E-state index in [2.05, 4.69) is 11.8 Å². The van der Waals surface area contributed by atoms with Gasteiger partial charge in [0.1, 0.15) is 0 Å². The highest BCUT2D eigenvalue weighted by molar-refractivity contribution is 5.84. The molecule has 0 N–H and O–H groups in total. The van der Waals surface area contributed by atoms with Gasteiger partial charge >= 0.3 is 0 Å². The molecule has 0 fully saturated rings. The highest BCUT2D eigenvalue weighted by Gasteiger charge is 2.31. The average Bonchev–Trinajstić information content (AvgIpc) is 2.67. The molecule has 1 aliphatic heterocycles. The van der Waals surface area contributed by atoms with E-state index in [4.69, 9.17) is 4.98 Å².